The summed E-state index contributed by atoms with van der Waals surface area (Å²) < 4.78 is 13.9. The number of hydrogen-bond donors (Lipinski definition) is 3. The van der Waals surface area contributed by atoms with Crippen LogP contribution in [0.1, 0.15) is 43.0 Å². The Kier molecular flexibility index (Phi) is 3.99. The van der Waals surface area contributed by atoms with Gasteiger partial charge in [-0.15, -0.1) is 0 Å². The summed E-state index contributed by atoms with van der Waals surface area (Å²) in [6.45, 7) is 2.72. The van der Waals surface area contributed by atoms with Gasteiger partial charge in [-0.3, -0.25) is 4.79 Å². The largest absolute Gasteiger partial charge is 0.351 e. The number of nitrogen functional groups attached to an aromatic ring is 1. The minimum absolute atomic E-state index is 0.0375. The first-order valence-corrected chi connectivity index (χ1v) is 6.45. The lowest BCUT2D eigenvalue weighted by Crippen LogP contribution is -2.34. The van der Waals surface area contributed by atoms with Gasteiger partial charge in [0.2, 0.25) is 0 Å². The van der Waals surface area contributed by atoms with Crippen LogP contribution in [0.25, 0.3) is 0 Å². The highest BCUT2D eigenvalue weighted by Crippen LogP contribution is 2.36. The van der Waals surface area contributed by atoms with Crippen LogP contribution in [0.3, 0.4) is 0 Å². The van der Waals surface area contributed by atoms with E-state index in [1.165, 1.54) is 25.1 Å². The molecule has 2 rings (SSSR count). The van der Waals surface area contributed by atoms with E-state index in [2.05, 4.69) is 22.7 Å². The highest BCUT2D eigenvalue weighted by Gasteiger charge is 2.29. The van der Waals surface area contributed by atoms with Crippen LogP contribution in [0, 0.1) is 11.2 Å². The summed E-state index contributed by atoms with van der Waals surface area (Å²) in [5.41, 5.74) is 2.22. The molecule has 1 aromatic heterocycles. The fraction of sp³-hybridized carbons (Fsp3) is 0.538. The Labute approximate surface area is 111 Å². The molecule has 1 saturated carbocycles. The van der Waals surface area contributed by atoms with Gasteiger partial charge in [0.25, 0.3) is 5.91 Å². The quantitative estimate of drug-likeness (QED) is 0.573. The molecule has 0 atom stereocenters. The number of carbonyl (C=O) groups excluding carboxylic acids is 1. The number of halogens is 1. The van der Waals surface area contributed by atoms with E-state index in [0.29, 0.717) is 6.54 Å². The number of nitrogens with zero attached hydrogens (tertiary/aromatic N) is 1. The predicted octanol–water partition coefficient (Wildman–Crippen LogP) is 1.82. The maximum Gasteiger partial charge on any atom is 0.254 e. The summed E-state index contributed by atoms with van der Waals surface area (Å²) in [5, 5.41) is 2.80. The predicted molar refractivity (Wildman–Crippen MR) is 70.9 cm³/mol. The molecule has 6 heteroatoms. The molecule has 1 fully saturated rings. The van der Waals surface area contributed by atoms with Crippen molar-refractivity contribution < 1.29 is 9.18 Å². The number of rotatable bonds is 4. The fourth-order valence-corrected chi connectivity index (χ4v) is 2.51. The summed E-state index contributed by atoms with van der Waals surface area (Å²) >= 11 is 0. The average molecular weight is 266 g/mol. The van der Waals surface area contributed by atoms with E-state index in [-0.39, 0.29) is 16.8 Å². The lowest BCUT2D eigenvalue weighted by Gasteiger charge is -2.23. The van der Waals surface area contributed by atoms with Gasteiger partial charge in [0.05, 0.1) is 5.56 Å². The number of nitrogens with two attached hydrogens (primary N) is 1. The number of anilines is 1. The first kappa shape index (κ1) is 13.7. The maximum atomic E-state index is 13.9. The molecule has 1 aliphatic carbocycles. The Morgan fingerprint density at radius 1 is 1.53 bits per heavy atom. The van der Waals surface area contributed by atoms with Crippen molar-refractivity contribution in [1.82, 2.24) is 10.3 Å². The number of amides is 1. The molecule has 0 saturated heterocycles. The van der Waals surface area contributed by atoms with Crippen LogP contribution < -0.4 is 16.6 Å². The van der Waals surface area contributed by atoms with Gasteiger partial charge in [0.15, 0.2) is 11.6 Å². The van der Waals surface area contributed by atoms with Crippen LogP contribution in [-0.2, 0) is 0 Å². The van der Waals surface area contributed by atoms with Gasteiger partial charge < -0.3 is 10.7 Å². The molecular formula is C13H19FN4O. The molecule has 0 spiro atoms. The number of aromatic nitrogens is 1. The van der Waals surface area contributed by atoms with Crippen LogP contribution in [0.2, 0.25) is 0 Å². The Morgan fingerprint density at radius 3 is 2.84 bits per heavy atom. The van der Waals surface area contributed by atoms with Crippen molar-refractivity contribution in [1.29, 1.82) is 0 Å². The lowest BCUT2D eigenvalue weighted by atomic mass is 9.89. The summed E-state index contributed by atoms with van der Waals surface area (Å²) in [6, 6.07) is 1.35. The van der Waals surface area contributed by atoms with E-state index in [9.17, 15) is 9.18 Å². The zero-order valence-corrected chi connectivity index (χ0v) is 11.0. The first-order valence-electron chi connectivity index (χ1n) is 6.45. The van der Waals surface area contributed by atoms with Crippen LogP contribution >= 0.6 is 0 Å². The summed E-state index contributed by atoms with van der Waals surface area (Å²) in [5.74, 6) is 3.86. The van der Waals surface area contributed by atoms with Crippen molar-refractivity contribution in [2.45, 2.75) is 32.6 Å². The van der Waals surface area contributed by atoms with Crippen molar-refractivity contribution >= 4 is 11.7 Å². The van der Waals surface area contributed by atoms with E-state index < -0.39 is 11.7 Å². The molecule has 0 unspecified atom stereocenters. The van der Waals surface area contributed by atoms with Crippen molar-refractivity contribution in [3.63, 3.8) is 0 Å². The van der Waals surface area contributed by atoms with E-state index in [0.717, 1.165) is 12.8 Å². The Balaban J connectivity index is 2.04. The molecule has 1 aliphatic rings. The second-order valence-corrected chi connectivity index (χ2v) is 5.37. The Morgan fingerprint density at radius 2 is 2.21 bits per heavy atom. The van der Waals surface area contributed by atoms with Crippen LogP contribution in [-0.4, -0.2) is 17.4 Å². The fourth-order valence-electron chi connectivity index (χ4n) is 2.51. The topological polar surface area (TPSA) is 80.0 Å². The number of nitrogens with one attached hydrogen (secondary N) is 2. The molecule has 5 nitrogen and oxygen atoms in total. The zero-order chi connectivity index (χ0) is 13.9. The van der Waals surface area contributed by atoms with Crippen LogP contribution in [0.5, 0.6) is 0 Å². The average Bonchev–Trinajstić information content (AvgIpc) is 2.84. The van der Waals surface area contributed by atoms with Gasteiger partial charge in [0, 0.05) is 12.7 Å². The molecule has 19 heavy (non-hydrogen) atoms. The lowest BCUT2D eigenvalue weighted by molar-refractivity contribution is 0.0930. The molecular weight excluding hydrogens is 247 g/mol. The van der Waals surface area contributed by atoms with Gasteiger partial charge >= 0.3 is 0 Å². The first-order chi connectivity index (χ1) is 9.06. The van der Waals surface area contributed by atoms with Crippen molar-refractivity contribution in [3.05, 3.63) is 23.6 Å². The minimum Gasteiger partial charge on any atom is -0.351 e. The smallest absolute Gasteiger partial charge is 0.254 e. The van der Waals surface area contributed by atoms with E-state index >= 15 is 0 Å². The normalized spacial score (nSPS) is 17.2. The third-order valence-corrected chi connectivity index (χ3v) is 3.76. The van der Waals surface area contributed by atoms with Gasteiger partial charge in [-0.05, 0) is 24.3 Å². The highest BCUT2D eigenvalue weighted by molar-refractivity contribution is 5.95. The molecule has 104 valence electrons. The molecule has 4 N–H and O–H groups in total. The van der Waals surface area contributed by atoms with Crippen LogP contribution in [0.15, 0.2) is 12.3 Å². The Hall–Kier alpha value is -1.69. The van der Waals surface area contributed by atoms with Crippen molar-refractivity contribution in [2.75, 3.05) is 12.0 Å². The minimum atomic E-state index is -0.723. The van der Waals surface area contributed by atoms with E-state index in [1.54, 1.807) is 0 Å². The zero-order valence-electron chi connectivity index (χ0n) is 11.0. The summed E-state index contributed by atoms with van der Waals surface area (Å²) in [7, 11) is 0. The van der Waals surface area contributed by atoms with Gasteiger partial charge in [-0.2, -0.15) is 0 Å². The number of hydrogen-bond acceptors (Lipinski definition) is 4. The summed E-state index contributed by atoms with van der Waals surface area (Å²) in [6.07, 6.45) is 5.93. The highest BCUT2D eigenvalue weighted by atomic mass is 19.1. The monoisotopic (exact) mass is 266 g/mol. The van der Waals surface area contributed by atoms with Crippen LogP contribution in [0.4, 0.5) is 10.2 Å². The molecule has 1 amide bonds. The van der Waals surface area contributed by atoms with E-state index in [4.69, 9.17) is 5.84 Å². The van der Waals surface area contributed by atoms with Gasteiger partial charge in [-0.1, -0.05) is 19.8 Å². The second-order valence-electron chi connectivity index (χ2n) is 5.37. The Bertz CT molecular complexity index is 472. The molecule has 0 aliphatic heterocycles. The number of hydrazine groups is 1. The molecule has 1 aromatic rings. The molecule has 0 bridgehead atoms. The SMILES string of the molecule is CC1(CNC(=O)c2ccnc(NN)c2F)CCCC1. The number of pyridine rings is 1. The third kappa shape index (κ3) is 3.01. The van der Waals surface area contributed by atoms with Crippen molar-refractivity contribution in [2.24, 2.45) is 11.3 Å². The molecule has 0 radical (unpaired) electrons. The van der Waals surface area contributed by atoms with E-state index in [1.807, 2.05) is 0 Å². The number of carbonyl (C=O) groups is 1. The second kappa shape index (κ2) is 5.52. The summed E-state index contributed by atoms with van der Waals surface area (Å²) in [4.78, 5) is 15.7. The standard InChI is InChI=1S/C13H19FN4O/c1-13(5-2-3-6-13)8-17-12(19)9-4-7-16-11(18-15)10(9)14/h4,7H,2-3,5-6,8,15H2,1H3,(H,16,18)(H,17,19). The van der Waals surface area contributed by atoms with Gasteiger partial charge in [0.1, 0.15) is 0 Å². The third-order valence-electron chi connectivity index (χ3n) is 3.76. The van der Waals surface area contributed by atoms with Gasteiger partial charge in [-0.25, -0.2) is 15.2 Å². The molecule has 1 heterocycles. The maximum absolute atomic E-state index is 13.9. The molecule has 0 aromatic carbocycles. The van der Waals surface area contributed by atoms with Crippen molar-refractivity contribution in [3.8, 4) is 0 Å².